The van der Waals surface area contributed by atoms with Gasteiger partial charge in [0.15, 0.2) is 0 Å². The van der Waals surface area contributed by atoms with Crippen LogP contribution in [0.2, 0.25) is 0 Å². The van der Waals surface area contributed by atoms with Crippen LogP contribution in [0.4, 0.5) is 0 Å². The number of hydrogen-bond acceptors (Lipinski definition) is 2. The van der Waals surface area contributed by atoms with E-state index >= 15 is 0 Å². The van der Waals surface area contributed by atoms with Crippen LogP contribution in [0, 0.1) is 17.8 Å². The Kier molecular flexibility index (Phi) is 4.09. The van der Waals surface area contributed by atoms with Crippen LogP contribution in [-0.4, -0.2) is 0 Å². The van der Waals surface area contributed by atoms with Crippen LogP contribution in [-0.2, 0) is 0 Å². The minimum Gasteiger partial charge on any atom is -0.323 e. The van der Waals surface area contributed by atoms with E-state index in [0.717, 1.165) is 11.8 Å². The number of thiophene rings is 1. The zero-order valence-electron chi connectivity index (χ0n) is 9.95. The molecule has 1 aliphatic rings. The summed E-state index contributed by atoms with van der Waals surface area (Å²) in [5.41, 5.74) is 6.40. The Morgan fingerprint density at radius 1 is 1.31 bits per heavy atom. The van der Waals surface area contributed by atoms with Crippen LogP contribution in [0.15, 0.2) is 15.9 Å². The lowest BCUT2D eigenvalue weighted by atomic mass is 9.74. The Hall–Kier alpha value is 0.140. The molecule has 0 radical (unpaired) electrons. The summed E-state index contributed by atoms with van der Waals surface area (Å²) in [6.07, 6.45) is 3.96. The Morgan fingerprint density at radius 3 is 2.44 bits per heavy atom. The first-order chi connectivity index (χ1) is 7.56. The van der Waals surface area contributed by atoms with Gasteiger partial charge in [0.2, 0.25) is 0 Å². The molecule has 0 amide bonds. The van der Waals surface area contributed by atoms with Crippen LogP contribution in [0.5, 0.6) is 0 Å². The van der Waals surface area contributed by atoms with Gasteiger partial charge in [0.1, 0.15) is 0 Å². The SMILES string of the molecule is CC1CC(C)CC(C(N)c2cc(Br)cs2)C1. The minimum atomic E-state index is 0.237. The van der Waals surface area contributed by atoms with E-state index in [2.05, 4.69) is 41.2 Å². The van der Waals surface area contributed by atoms with Crippen LogP contribution in [0.3, 0.4) is 0 Å². The van der Waals surface area contributed by atoms with Gasteiger partial charge in [-0.1, -0.05) is 13.8 Å². The van der Waals surface area contributed by atoms with Crippen molar-refractivity contribution >= 4 is 27.3 Å². The molecule has 2 rings (SSSR count). The second-order valence-electron chi connectivity index (χ2n) is 5.37. The van der Waals surface area contributed by atoms with E-state index in [-0.39, 0.29) is 6.04 Å². The van der Waals surface area contributed by atoms with Crippen molar-refractivity contribution in [3.05, 3.63) is 20.8 Å². The molecule has 3 unspecified atom stereocenters. The number of rotatable bonds is 2. The maximum atomic E-state index is 6.40. The third-order valence-electron chi connectivity index (χ3n) is 3.64. The lowest BCUT2D eigenvalue weighted by Gasteiger charge is -2.34. The molecule has 2 N–H and O–H groups in total. The topological polar surface area (TPSA) is 26.0 Å². The Balaban J connectivity index is 2.06. The van der Waals surface area contributed by atoms with E-state index in [1.54, 1.807) is 11.3 Å². The lowest BCUT2D eigenvalue weighted by Crippen LogP contribution is -2.28. The van der Waals surface area contributed by atoms with Crippen molar-refractivity contribution in [3.63, 3.8) is 0 Å². The van der Waals surface area contributed by atoms with Crippen molar-refractivity contribution in [2.75, 3.05) is 0 Å². The van der Waals surface area contributed by atoms with Gasteiger partial charge in [0.25, 0.3) is 0 Å². The molecule has 1 saturated carbocycles. The summed E-state index contributed by atoms with van der Waals surface area (Å²) in [6.45, 7) is 4.72. The molecular formula is C13H20BrNS. The summed E-state index contributed by atoms with van der Waals surface area (Å²) in [4.78, 5) is 1.33. The standard InChI is InChI=1S/C13H20BrNS/c1-8-3-9(2)5-10(4-8)13(15)12-6-11(14)7-16-12/h6-10,13H,3-5,15H2,1-2H3. The van der Waals surface area contributed by atoms with Gasteiger partial charge in [-0.15, -0.1) is 11.3 Å². The van der Waals surface area contributed by atoms with Gasteiger partial charge in [0.05, 0.1) is 0 Å². The minimum absolute atomic E-state index is 0.237. The molecule has 1 nitrogen and oxygen atoms in total. The van der Waals surface area contributed by atoms with E-state index in [4.69, 9.17) is 5.73 Å². The molecule has 90 valence electrons. The van der Waals surface area contributed by atoms with Gasteiger partial charge in [-0.25, -0.2) is 0 Å². The van der Waals surface area contributed by atoms with Crippen molar-refractivity contribution < 1.29 is 0 Å². The first-order valence-corrected chi connectivity index (χ1v) is 7.73. The molecule has 16 heavy (non-hydrogen) atoms. The molecule has 1 aromatic rings. The highest BCUT2D eigenvalue weighted by Crippen LogP contribution is 2.40. The molecule has 1 heterocycles. The fourth-order valence-corrected chi connectivity index (χ4v) is 4.58. The average molecular weight is 302 g/mol. The third kappa shape index (κ3) is 2.88. The monoisotopic (exact) mass is 301 g/mol. The second-order valence-corrected chi connectivity index (χ2v) is 7.23. The van der Waals surface area contributed by atoms with E-state index < -0.39 is 0 Å². The molecule has 3 heteroatoms. The largest absolute Gasteiger partial charge is 0.323 e. The van der Waals surface area contributed by atoms with Gasteiger partial charge >= 0.3 is 0 Å². The quantitative estimate of drug-likeness (QED) is 0.850. The molecular weight excluding hydrogens is 282 g/mol. The van der Waals surface area contributed by atoms with Crippen LogP contribution in [0.1, 0.15) is 44.0 Å². The molecule has 0 bridgehead atoms. The molecule has 1 fully saturated rings. The first-order valence-electron chi connectivity index (χ1n) is 6.05. The van der Waals surface area contributed by atoms with Gasteiger partial charge < -0.3 is 5.73 Å². The van der Waals surface area contributed by atoms with E-state index in [9.17, 15) is 0 Å². The van der Waals surface area contributed by atoms with E-state index in [0.29, 0.717) is 5.92 Å². The van der Waals surface area contributed by atoms with Crippen molar-refractivity contribution in [2.24, 2.45) is 23.5 Å². The van der Waals surface area contributed by atoms with Crippen LogP contribution in [0.25, 0.3) is 0 Å². The second kappa shape index (κ2) is 5.19. The number of nitrogens with two attached hydrogens (primary N) is 1. The third-order valence-corrected chi connectivity index (χ3v) is 5.43. The fourth-order valence-electron chi connectivity index (χ4n) is 3.04. The summed E-state index contributed by atoms with van der Waals surface area (Å²) in [6, 6.07) is 2.42. The highest BCUT2D eigenvalue weighted by molar-refractivity contribution is 9.10. The van der Waals surface area contributed by atoms with Crippen LogP contribution >= 0.6 is 27.3 Å². The predicted octanol–water partition coefficient (Wildman–Crippen LogP) is 4.58. The van der Waals surface area contributed by atoms with Crippen molar-refractivity contribution in [2.45, 2.75) is 39.2 Å². The Bertz CT molecular complexity index is 339. The fraction of sp³-hybridized carbons (Fsp3) is 0.692. The van der Waals surface area contributed by atoms with Gasteiger partial charge in [-0.2, -0.15) is 0 Å². The smallest absolute Gasteiger partial charge is 0.0418 e. The van der Waals surface area contributed by atoms with E-state index in [1.807, 2.05) is 0 Å². The van der Waals surface area contributed by atoms with Gasteiger partial charge in [-0.05, 0) is 59.0 Å². The lowest BCUT2D eigenvalue weighted by molar-refractivity contribution is 0.194. The molecule has 3 atom stereocenters. The highest BCUT2D eigenvalue weighted by Gasteiger charge is 2.29. The summed E-state index contributed by atoms with van der Waals surface area (Å²) in [5, 5.41) is 2.13. The normalized spacial score (nSPS) is 32.6. The predicted molar refractivity (Wildman–Crippen MR) is 74.6 cm³/mol. The molecule has 0 saturated heterocycles. The zero-order chi connectivity index (χ0) is 11.7. The summed E-state index contributed by atoms with van der Waals surface area (Å²) < 4.78 is 1.17. The van der Waals surface area contributed by atoms with Crippen molar-refractivity contribution in [1.82, 2.24) is 0 Å². The Morgan fingerprint density at radius 2 is 1.94 bits per heavy atom. The maximum absolute atomic E-state index is 6.40. The Labute approximate surface area is 111 Å². The zero-order valence-corrected chi connectivity index (χ0v) is 12.4. The number of halogens is 1. The summed E-state index contributed by atoms with van der Waals surface area (Å²) in [5.74, 6) is 2.34. The van der Waals surface area contributed by atoms with Crippen molar-refractivity contribution in [1.29, 1.82) is 0 Å². The summed E-state index contributed by atoms with van der Waals surface area (Å²) >= 11 is 5.28. The van der Waals surface area contributed by atoms with Crippen LogP contribution < -0.4 is 5.73 Å². The van der Waals surface area contributed by atoms with Gasteiger partial charge in [0, 0.05) is 20.8 Å². The molecule has 0 aliphatic heterocycles. The van der Waals surface area contributed by atoms with E-state index in [1.165, 1.54) is 28.6 Å². The summed E-state index contributed by atoms with van der Waals surface area (Å²) in [7, 11) is 0. The number of hydrogen-bond donors (Lipinski definition) is 1. The maximum Gasteiger partial charge on any atom is 0.0418 e. The van der Waals surface area contributed by atoms with Crippen molar-refractivity contribution in [3.8, 4) is 0 Å². The molecule has 0 aromatic carbocycles. The molecule has 0 spiro atoms. The molecule has 1 aliphatic carbocycles. The average Bonchev–Trinajstić information content (AvgIpc) is 2.62. The highest BCUT2D eigenvalue weighted by atomic mass is 79.9. The molecule has 1 aromatic heterocycles. The van der Waals surface area contributed by atoms with Gasteiger partial charge in [-0.3, -0.25) is 0 Å². The first kappa shape index (κ1) is 12.6.